The van der Waals surface area contributed by atoms with Crippen molar-refractivity contribution in [2.75, 3.05) is 6.61 Å². The molecule has 6 rings (SSSR count). The van der Waals surface area contributed by atoms with Crippen molar-refractivity contribution in [2.45, 2.75) is 26.7 Å². The summed E-state index contributed by atoms with van der Waals surface area (Å²) >= 11 is 0. The van der Waals surface area contributed by atoms with Crippen LogP contribution in [0.25, 0.3) is 33.8 Å². The maximum absolute atomic E-state index is 12.7. The van der Waals surface area contributed by atoms with Gasteiger partial charge < -0.3 is 9.84 Å². The van der Waals surface area contributed by atoms with Gasteiger partial charge in [-0.25, -0.2) is 28.6 Å². The van der Waals surface area contributed by atoms with Crippen molar-refractivity contribution in [3.8, 4) is 22.5 Å². The van der Waals surface area contributed by atoms with E-state index in [2.05, 4.69) is 15.2 Å². The molecule has 0 fully saturated rings. The summed E-state index contributed by atoms with van der Waals surface area (Å²) in [5.74, 6) is -1.52. The minimum atomic E-state index is -1.07. The Kier molecular flexibility index (Phi) is 6.72. The monoisotopic (exact) mass is 546 g/mol. The van der Waals surface area contributed by atoms with Gasteiger partial charge in [0.05, 0.1) is 29.4 Å². The standard InChI is InChI=1S/C31H26N6O4/c1-3-41-31(40)25-18-37-27(33-28(25)21-9-5-4-6-10-21)16-23(35-37)13-12-20-8-7-11-22(15-20)29-24(30(38)39)17-36-26(32-29)14-19(2)34-36/h4-11,14-18H,3,12-13H2,1-2H3,(H,38,39). The van der Waals surface area contributed by atoms with Crippen LogP contribution in [0.1, 0.15) is 44.6 Å². The molecule has 1 N–H and O–H groups in total. The third kappa shape index (κ3) is 5.14. The third-order valence-electron chi connectivity index (χ3n) is 6.71. The highest BCUT2D eigenvalue weighted by Gasteiger charge is 2.19. The molecule has 6 aromatic rings. The SMILES string of the molecule is CCOC(=O)c1cn2nc(CCc3cccc(-c4nc5cc(C)nn5cc4C(=O)O)c3)cc2nc1-c1ccccc1. The number of hydrogen-bond acceptors (Lipinski definition) is 7. The molecule has 0 unspecified atom stereocenters. The van der Waals surface area contributed by atoms with Crippen molar-refractivity contribution < 1.29 is 19.4 Å². The van der Waals surface area contributed by atoms with E-state index in [9.17, 15) is 14.7 Å². The van der Waals surface area contributed by atoms with Crippen molar-refractivity contribution in [3.05, 3.63) is 107 Å². The zero-order valence-electron chi connectivity index (χ0n) is 22.5. The maximum Gasteiger partial charge on any atom is 0.341 e. The number of aryl methyl sites for hydroxylation is 3. The molecule has 10 heteroatoms. The van der Waals surface area contributed by atoms with Crippen LogP contribution in [0, 0.1) is 6.92 Å². The number of hydrogen-bond donors (Lipinski definition) is 1. The van der Waals surface area contributed by atoms with E-state index in [-0.39, 0.29) is 12.2 Å². The summed E-state index contributed by atoms with van der Waals surface area (Å²) in [4.78, 5) is 34.1. The average molecular weight is 547 g/mol. The van der Waals surface area contributed by atoms with Gasteiger partial charge in [-0.2, -0.15) is 10.2 Å². The molecule has 10 nitrogen and oxygen atoms in total. The fourth-order valence-corrected chi connectivity index (χ4v) is 4.83. The first-order chi connectivity index (χ1) is 19.9. The quantitative estimate of drug-likeness (QED) is 0.262. The smallest absolute Gasteiger partial charge is 0.341 e. The Balaban J connectivity index is 1.30. The second kappa shape index (κ2) is 10.6. The van der Waals surface area contributed by atoms with Crippen LogP contribution in [0.3, 0.4) is 0 Å². The Bertz CT molecular complexity index is 1930. The molecule has 0 atom stereocenters. The molecule has 4 aromatic heterocycles. The van der Waals surface area contributed by atoms with Crippen molar-refractivity contribution >= 4 is 23.2 Å². The number of fused-ring (bicyclic) bond motifs is 2. The number of aromatic nitrogens is 6. The predicted octanol–water partition coefficient (Wildman–Crippen LogP) is 5.07. The van der Waals surface area contributed by atoms with E-state index in [1.54, 1.807) is 17.6 Å². The summed E-state index contributed by atoms with van der Waals surface area (Å²) in [5.41, 5.74) is 6.67. The minimum Gasteiger partial charge on any atom is -0.478 e. The minimum absolute atomic E-state index is 0.0794. The number of carboxylic acids is 1. The summed E-state index contributed by atoms with van der Waals surface area (Å²) in [6, 6.07) is 20.9. The second-order valence-electron chi connectivity index (χ2n) is 9.63. The van der Waals surface area contributed by atoms with E-state index in [1.165, 1.54) is 10.7 Å². The molecule has 4 heterocycles. The fraction of sp³-hybridized carbons (Fsp3) is 0.161. The van der Waals surface area contributed by atoms with Gasteiger partial charge in [0.1, 0.15) is 11.1 Å². The molecule has 204 valence electrons. The number of carbonyl (C=O) groups excluding carboxylic acids is 1. The first kappa shape index (κ1) is 25.9. The van der Waals surface area contributed by atoms with E-state index < -0.39 is 11.9 Å². The van der Waals surface area contributed by atoms with Gasteiger partial charge in [0.15, 0.2) is 11.3 Å². The Labute approximate surface area is 234 Å². The van der Waals surface area contributed by atoms with Crippen LogP contribution in [-0.4, -0.2) is 52.8 Å². The molecule has 41 heavy (non-hydrogen) atoms. The third-order valence-corrected chi connectivity index (χ3v) is 6.71. The number of ether oxygens (including phenoxy) is 1. The highest BCUT2D eigenvalue weighted by Crippen LogP contribution is 2.26. The van der Waals surface area contributed by atoms with Gasteiger partial charge in [-0.3, -0.25) is 0 Å². The molecular formula is C31H26N6O4. The molecule has 0 aliphatic carbocycles. The Hall–Kier alpha value is -5.38. The number of nitrogens with zero attached hydrogens (tertiary/aromatic N) is 6. The van der Waals surface area contributed by atoms with Gasteiger partial charge in [0.25, 0.3) is 0 Å². The lowest BCUT2D eigenvalue weighted by Crippen LogP contribution is -2.10. The van der Waals surface area contributed by atoms with E-state index in [0.717, 1.165) is 22.5 Å². The van der Waals surface area contributed by atoms with E-state index in [4.69, 9.17) is 9.72 Å². The van der Waals surface area contributed by atoms with Gasteiger partial charge in [-0.15, -0.1) is 0 Å². The summed E-state index contributed by atoms with van der Waals surface area (Å²) in [7, 11) is 0. The number of rotatable bonds is 8. The topological polar surface area (TPSA) is 124 Å². The molecule has 0 saturated heterocycles. The largest absolute Gasteiger partial charge is 0.478 e. The predicted molar refractivity (Wildman–Crippen MR) is 152 cm³/mol. The second-order valence-corrected chi connectivity index (χ2v) is 9.63. The Morgan fingerprint density at radius 2 is 1.49 bits per heavy atom. The molecular weight excluding hydrogens is 520 g/mol. The zero-order chi connectivity index (χ0) is 28.5. The van der Waals surface area contributed by atoms with Gasteiger partial charge in [-0.1, -0.05) is 48.5 Å². The lowest BCUT2D eigenvalue weighted by Gasteiger charge is -2.09. The summed E-state index contributed by atoms with van der Waals surface area (Å²) in [5, 5.41) is 18.8. The van der Waals surface area contributed by atoms with Crippen LogP contribution in [0.4, 0.5) is 0 Å². The van der Waals surface area contributed by atoms with Gasteiger partial charge in [0.2, 0.25) is 0 Å². The van der Waals surface area contributed by atoms with Crippen molar-refractivity contribution in [2.24, 2.45) is 0 Å². The molecule has 0 radical (unpaired) electrons. The molecule has 0 bridgehead atoms. The highest BCUT2D eigenvalue weighted by molar-refractivity contribution is 5.96. The number of benzene rings is 2. The molecule has 0 aliphatic heterocycles. The highest BCUT2D eigenvalue weighted by atomic mass is 16.5. The van der Waals surface area contributed by atoms with Gasteiger partial charge >= 0.3 is 11.9 Å². The Morgan fingerprint density at radius 3 is 2.24 bits per heavy atom. The lowest BCUT2D eigenvalue weighted by molar-refractivity contribution is 0.0525. The summed E-state index contributed by atoms with van der Waals surface area (Å²) in [6.45, 7) is 3.86. The molecule has 0 amide bonds. The van der Waals surface area contributed by atoms with Crippen LogP contribution >= 0.6 is 0 Å². The molecule has 0 saturated carbocycles. The average Bonchev–Trinajstić information content (AvgIpc) is 3.56. The molecule has 0 aliphatic rings. The number of carboxylic acid groups (broad SMARTS) is 1. The Morgan fingerprint density at radius 1 is 0.805 bits per heavy atom. The lowest BCUT2D eigenvalue weighted by atomic mass is 10.0. The van der Waals surface area contributed by atoms with Crippen LogP contribution in [0.2, 0.25) is 0 Å². The number of esters is 1. The van der Waals surface area contributed by atoms with E-state index in [1.807, 2.05) is 73.7 Å². The van der Waals surface area contributed by atoms with Crippen LogP contribution in [0.5, 0.6) is 0 Å². The van der Waals surface area contributed by atoms with Crippen LogP contribution < -0.4 is 0 Å². The number of carbonyl (C=O) groups is 2. The van der Waals surface area contributed by atoms with Gasteiger partial charge in [0, 0.05) is 35.7 Å². The van der Waals surface area contributed by atoms with Gasteiger partial charge in [-0.05, 0) is 38.3 Å². The normalized spacial score (nSPS) is 11.3. The van der Waals surface area contributed by atoms with E-state index >= 15 is 0 Å². The fourth-order valence-electron chi connectivity index (χ4n) is 4.83. The summed E-state index contributed by atoms with van der Waals surface area (Å²) < 4.78 is 8.37. The van der Waals surface area contributed by atoms with Crippen LogP contribution in [-0.2, 0) is 17.6 Å². The number of aromatic carboxylic acids is 1. The first-order valence-corrected chi connectivity index (χ1v) is 13.2. The van der Waals surface area contributed by atoms with Crippen LogP contribution in [0.15, 0.2) is 79.1 Å². The summed E-state index contributed by atoms with van der Waals surface area (Å²) in [6.07, 6.45) is 4.44. The maximum atomic E-state index is 12.7. The van der Waals surface area contributed by atoms with Crippen molar-refractivity contribution in [3.63, 3.8) is 0 Å². The van der Waals surface area contributed by atoms with E-state index in [0.29, 0.717) is 46.7 Å². The zero-order valence-corrected chi connectivity index (χ0v) is 22.5. The van der Waals surface area contributed by atoms with Crippen molar-refractivity contribution in [1.29, 1.82) is 0 Å². The molecule has 2 aromatic carbocycles. The van der Waals surface area contributed by atoms with Crippen molar-refractivity contribution in [1.82, 2.24) is 29.2 Å². The molecule has 0 spiro atoms. The first-order valence-electron chi connectivity index (χ1n) is 13.2.